The lowest BCUT2D eigenvalue weighted by atomic mass is 9.95. The first-order chi connectivity index (χ1) is 20.7. The molecule has 0 saturated heterocycles. The average molecular weight is 682 g/mol. The zero-order valence-electron chi connectivity index (χ0n) is 24.1. The predicted molar refractivity (Wildman–Crippen MR) is 173 cm³/mol. The number of rotatable bonds is 9. The van der Waals surface area contributed by atoms with Gasteiger partial charge in [-0.25, -0.2) is 9.79 Å². The molecule has 1 aliphatic rings. The van der Waals surface area contributed by atoms with Crippen molar-refractivity contribution < 1.29 is 19.0 Å². The van der Waals surface area contributed by atoms with Gasteiger partial charge in [-0.05, 0) is 74.7 Å². The molecule has 10 heteroatoms. The molecule has 5 rings (SSSR count). The molecule has 0 spiro atoms. The zero-order valence-corrected chi connectivity index (χ0v) is 27.3. The molecule has 3 aromatic carbocycles. The van der Waals surface area contributed by atoms with Gasteiger partial charge in [-0.2, -0.15) is 0 Å². The zero-order chi connectivity index (χ0) is 30.7. The first-order valence-electron chi connectivity index (χ1n) is 13.8. The molecule has 0 saturated carbocycles. The summed E-state index contributed by atoms with van der Waals surface area (Å²) in [6.45, 7) is 8.32. The van der Waals surface area contributed by atoms with Gasteiger partial charge < -0.3 is 14.2 Å². The summed E-state index contributed by atoms with van der Waals surface area (Å²) in [5.41, 5.74) is 4.11. The van der Waals surface area contributed by atoms with Gasteiger partial charge in [0.1, 0.15) is 6.61 Å². The summed E-state index contributed by atoms with van der Waals surface area (Å²) in [6, 6.07) is 18.5. The van der Waals surface area contributed by atoms with Crippen LogP contribution in [0.15, 0.2) is 86.2 Å². The molecule has 1 atom stereocenters. The third-order valence-electron chi connectivity index (χ3n) is 6.84. The lowest BCUT2D eigenvalue weighted by molar-refractivity contribution is -0.139. The Labute approximate surface area is 266 Å². The number of aryl methyl sites for hydroxylation is 1. The van der Waals surface area contributed by atoms with Crippen LogP contribution in [0.2, 0.25) is 5.02 Å². The van der Waals surface area contributed by atoms with Crippen molar-refractivity contribution in [3.05, 3.63) is 123 Å². The number of halogens is 2. The lowest BCUT2D eigenvalue weighted by Gasteiger charge is -2.24. The van der Waals surface area contributed by atoms with Crippen LogP contribution in [0.4, 0.5) is 0 Å². The number of allylic oxidation sites excluding steroid dienone is 1. The van der Waals surface area contributed by atoms with Crippen molar-refractivity contribution in [2.75, 3.05) is 13.2 Å². The molecule has 0 aliphatic carbocycles. The molecular weight excluding hydrogens is 652 g/mol. The first kappa shape index (κ1) is 30.8. The Bertz CT molecular complexity index is 1880. The van der Waals surface area contributed by atoms with Gasteiger partial charge in [0.2, 0.25) is 0 Å². The van der Waals surface area contributed by atoms with Crippen LogP contribution in [0.5, 0.6) is 11.5 Å². The van der Waals surface area contributed by atoms with E-state index < -0.39 is 12.0 Å². The van der Waals surface area contributed by atoms with E-state index in [4.69, 9.17) is 25.8 Å². The summed E-state index contributed by atoms with van der Waals surface area (Å²) in [7, 11) is 0. The third kappa shape index (κ3) is 6.64. The van der Waals surface area contributed by atoms with Crippen LogP contribution in [0.1, 0.15) is 49.1 Å². The van der Waals surface area contributed by atoms with Gasteiger partial charge in [0.15, 0.2) is 16.3 Å². The maximum absolute atomic E-state index is 14.0. The van der Waals surface area contributed by atoms with E-state index in [1.165, 1.54) is 11.3 Å². The second-order valence-electron chi connectivity index (χ2n) is 9.89. The standard InChI is InChI=1S/C33H30BrClN2O5S/c1-5-40-26-16-22(15-25(35)30(26)42-18-21-9-13-24(34)14-10-21)17-27-31(38)37-29(23-11-7-19(3)8-12-23)28(32(39)41-6-2)20(4)36-33(37)43-27/h7-17,29H,5-6,18H2,1-4H3/b27-17+/t29-/m1/s1. The van der Waals surface area contributed by atoms with E-state index in [1.54, 1.807) is 36.6 Å². The van der Waals surface area contributed by atoms with Crippen LogP contribution in [0, 0.1) is 6.92 Å². The summed E-state index contributed by atoms with van der Waals surface area (Å²) in [4.78, 5) is 32.2. The molecule has 43 heavy (non-hydrogen) atoms. The minimum Gasteiger partial charge on any atom is -0.490 e. The number of hydrogen-bond donors (Lipinski definition) is 0. The molecule has 0 fully saturated rings. The van der Waals surface area contributed by atoms with E-state index in [1.807, 2.05) is 62.4 Å². The number of fused-ring (bicyclic) bond motifs is 1. The SMILES string of the molecule is CCOC(=O)C1=C(C)N=c2s/c(=C/c3cc(Cl)c(OCc4ccc(Br)cc4)c(OCC)c3)c(=O)n2[C@@H]1c1ccc(C)cc1. The van der Waals surface area contributed by atoms with Crippen molar-refractivity contribution in [2.45, 2.75) is 40.3 Å². The molecule has 2 heterocycles. The fourth-order valence-corrected chi connectivity index (χ4v) is 6.40. The van der Waals surface area contributed by atoms with Gasteiger partial charge in [0.25, 0.3) is 5.56 Å². The maximum atomic E-state index is 14.0. The van der Waals surface area contributed by atoms with Crippen molar-refractivity contribution in [3.8, 4) is 11.5 Å². The highest BCUT2D eigenvalue weighted by molar-refractivity contribution is 9.10. The molecule has 0 radical (unpaired) electrons. The molecule has 4 aromatic rings. The van der Waals surface area contributed by atoms with Crippen LogP contribution in [0.25, 0.3) is 6.08 Å². The number of aromatic nitrogens is 1. The lowest BCUT2D eigenvalue weighted by Crippen LogP contribution is -2.39. The fraction of sp³-hybridized carbons (Fsp3) is 0.242. The normalized spacial score (nSPS) is 14.7. The number of thiazole rings is 1. The van der Waals surface area contributed by atoms with E-state index in [0.717, 1.165) is 21.2 Å². The van der Waals surface area contributed by atoms with Gasteiger partial charge >= 0.3 is 5.97 Å². The molecule has 7 nitrogen and oxygen atoms in total. The van der Waals surface area contributed by atoms with E-state index in [9.17, 15) is 9.59 Å². The van der Waals surface area contributed by atoms with Crippen LogP contribution >= 0.6 is 38.9 Å². The smallest absolute Gasteiger partial charge is 0.338 e. The highest BCUT2D eigenvalue weighted by Gasteiger charge is 2.33. The molecule has 0 N–H and O–H groups in total. The summed E-state index contributed by atoms with van der Waals surface area (Å²) >= 11 is 11.4. The minimum atomic E-state index is -0.671. The highest BCUT2D eigenvalue weighted by Crippen LogP contribution is 2.38. The highest BCUT2D eigenvalue weighted by atomic mass is 79.9. The van der Waals surface area contributed by atoms with Crippen LogP contribution in [-0.4, -0.2) is 23.8 Å². The summed E-state index contributed by atoms with van der Waals surface area (Å²) < 4.78 is 20.3. The van der Waals surface area contributed by atoms with Crippen LogP contribution in [-0.2, 0) is 16.1 Å². The van der Waals surface area contributed by atoms with E-state index in [0.29, 0.717) is 55.9 Å². The van der Waals surface area contributed by atoms with Gasteiger partial charge in [-0.1, -0.05) is 80.8 Å². The van der Waals surface area contributed by atoms with Gasteiger partial charge in [-0.15, -0.1) is 0 Å². The number of carbonyl (C=O) groups is 1. The summed E-state index contributed by atoms with van der Waals surface area (Å²) in [5, 5.41) is 0.361. The Balaban J connectivity index is 1.58. The first-order valence-corrected chi connectivity index (χ1v) is 15.8. The van der Waals surface area contributed by atoms with Crippen LogP contribution in [0.3, 0.4) is 0 Å². The topological polar surface area (TPSA) is 79.1 Å². The van der Waals surface area contributed by atoms with Gasteiger partial charge in [-0.3, -0.25) is 9.36 Å². The summed E-state index contributed by atoms with van der Waals surface area (Å²) in [6.07, 6.45) is 1.76. The van der Waals surface area contributed by atoms with Gasteiger partial charge in [0.05, 0.1) is 40.1 Å². The van der Waals surface area contributed by atoms with E-state index in [-0.39, 0.29) is 12.2 Å². The number of hydrogen-bond acceptors (Lipinski definition) is 7. The van der Waals surface area contributed by atoms with Crippen molar-refractivity contribution in [1.82, 2.24) is 4.57 Å². The Hall–Kier alpha value is -3.66. The fourth-order valence-electron chi connectivity index (χ4n) is 4.82. The number of ether oxygens (including phenoxy) is 3. The number of benzene rings is 3. The molecule has 1 aromatic heterocycles. The molecule has 0 amide bonds. The van der Waals surface area contributed by atoms with Crippen molar-refractivity contribution in [1.29, 1.82) is 0 Å². The number of esters is 1. The average Bonchev–Trinajstić information content (AvgIpc) is 3.27. The quantitative estimate of drug-likeness (QED) is 0.189. The largest absolute Gasteiger partial charge is 0.490 e. The second kappa shape index (κ2) is 13.3. The van der Waals surface area contributed by atoms with E-state index >= 15 is 0 Å². The minimum absolute atomic E-state index is 0.215. The van der Waals surface area contributed by atoms with Crippen molar-refractivity contribution in [3.63, 3.8) is 0 Å². The second-order valence-corrected chi connectivity index (χ2v) is 12.2. The van der Waals surface area contributed by atoms with E-state index in [2.05, 4.69) is 20.9 Å². The Morgan fingerprint density at radius 3 is 2.44 bits per heavy atom. The Morgan fingerprint density at radius 1 is 1.05 bits per heavy atom. The maximum Gasteiger partial charge on any atom is 0.338 e. The summed E-state index contributed by atoms with van der Waals surface area (Å²) in [5.74, 6) is 0.415. The molecule has 0 bridgehead atoms. The Morgan fingerprint density at radius 2 is 1.77 bits per heavy atom. The Kier molecular flexibility index (Phi) is 9.54. The molecule has 0 unspecified atom stereocenters. The monoisotopic (exact) mass is 680 g/mol. The number of carbonyl (C=O) groups excluding carboxylic acids is 1. The van der Waals surface area contributed by atoms with Crippen LogP contribution < -0.4 is 24.4 Å². The molecule has 1 aliphatic heterocycles. The van der Waals surface area contributed by atoms with Crippen molar-refractivity contribution >= 4 is 50.9 Å². The third-order valence-corrected chi connectivity index (χ3v) is 8.63. The van der Waals surface area contributed by atoms with Crippen molar-refractivity contribution in [2.24, 2.45) is 4.99 Å². The molecule has 222 valence electrons. The number of nitrogens with zero attached hydrogens (tertiary/aromatic N) is 2. The predicted octanol–water partition coefficient (Wildman–Crippen LogP) is 6.50. The van der Waals surface area contributed by atoms with Gasteiger partial charge in [0, 0.05) is 4.47 Å². The molecular formula is C33H30BrClN2O5S.